The summed E-state index contributed by atoms with van der Waals surface area (Å²) in [5, 5.41) is 0. The largest absolute Gasteiger partial charge is 0.498 e. The third-order valence-corrected chi connectivity index (χ3v) is 7.26. The highest BCUT2D eigenvalue weighted by Crippen LogP contribution is 2.38. The fourth-order valence-electron chi connectivity index (χ4n) is 4.60. The van der Waals surface area contributed by atoms with Gasteiger partial charge in [0.15, 0.2) is 0 Å². The van der Waals surface area contributed by atoms with Gasteiger partial charge in [0.1, 0.15) is 17.8 Å². The van der Waals surface area contributed by atoms with E-state index in [1.54, 1.807) is 14.2 Å². The molecule has 0 bridgehead atoms. The summed E-state index contributed by atoms with van der Waals surface area (Å²) in [6.07, 6.45) is 2.59. The number of methoxy groups -OCH3 is 2. The molecule has 0 amide bonds. The Morgan fingerprint density at radius 3 is 2.30 bits per heavy atom. The van der Waals surface area contributed by atoms with Crippen LogP contribution in [0, 0.1) is 5.92 Å². The zero-order valence-electron chi connectivity index (χ0n) is 21.2. The molecule has 0 radical (unpaired) electrons. The molecule has 0 spiro atoms. The fraction of sp³-hybridized carbons (Fsp3) is 0.680. The van der Waals surface area contributed by atoms with Crippen molar-refractivity contribution in [3.8, 4) is 5.75 Å². The van der Waals surface area contributed by atoms with Crippen LogP contribution >= 0.6 is 0 Å². The molecule has 2 atom stereocenters. The number of benzene rings is 1. The maximum atomic E-state index is 6.32. The van der Waals surface area contributed by atoms with E-state index < -0.39 is 18.3 Å². The van der Waals surface area contributed by atoms with Crippen LogP contribution in [0.3, 0.4) is 0 Å². The van der Waals surface area contributed by atoms with Crippen LogP contribution in [-0.4, -0.2) is 63.0 Å². The second kappa shape index (κ2) is 8.95. The number of nitrogens with zero attached hydrogens (tertiary/aromatic N) is 2. The summed E-state index contributed by atoms with van der Waals surface area (Å²) < 4.78 is 30.1. The molecule has 0 aromatic heterocycles. The molecule has 7 nitrogen and oxygen atoms in total. The van der Waals surface area contributed by atoms with Crippen molar-refractivity contribution in [2.24, 2.45) is 15.9 Å². The van der Waals surface area contributed by atoms with E-state index in [0.717, 1.165) is 24.1 Å². The van der Waals surface area contributed by atoms with Crippen LogP contribution in [0.25, 0.3) is 0 Å². The Kier molecular flexibility index (Phi) is 6.53. The van der Waals surface area contributed by atoms with Crippen molar-refractivity contribution in [1.29, 1.82) is 0 Å². The second-order valence-electron chi connectivity index (χ2n) is 10.4. The molecule has 1 aromatic carbocycles. The summed E-state index contributed by atoms with van der Waals surface area (Å²) in [6, 6.07) is 3.88. The van der Waals surface area contributed by atoms with Crippen molar-refractivity contribution in [3.05, 3.63) is 23.3 Å². The van der Waals surface area contributed by atoms with Crippen LogP contribution in [0.2, 0.25) is 0 Å². The van der Waals surface area contributed by atoms with E-state index in [1.165, 1.54) is 11.1 Å². The van der Waals surface area contributed by atoms with Crippen LogP contribution in [0.15, 0.2) is 22.1 Å². The van der Waals surface area contributed by atoms with Gasteiger partial charge in [-0.15, -0.1) is 0 Å². The Labute approximate surface area is 198 Å². The Balaban J connectivity index is 1.66. The van der Waals surface area contributed by atoms with E-state index in [2.05, 4.69) is 53.7 Å². The van der Waals surface area contributed by atoms with E-state index in [0.29, 0.717) is 24.8 Å². The van der Waals surface area contributed by atoms with Gasteiger partial charge in [0, 0.05) is 11.9 Å². The van der Waals surface area contributed by atoms with Gasteiger partial charge in [0.05, 0.1) is 32.0 Å². The summed E-state index contributed by atoms with van der Waals surface area (Å²) in [5.74, 6) is 2.47. The molecule has 0 aliphatic carbocycles. The van der Waals surface area contributed by atoms with E-state index in [-0.39, 0.29) is 18.0 Å². The molecule has 0 unspecified atom stereocenters. The quantitative estimate of drug-likeness (QED) is 0.650. The molecule has 1 aromatic rings. The molecule has 3 aliphatic rings. The minimum atomic E-state index is -0.452. The molecule has 4 rings (SSSR count). The lowest BCUT2D eigenvalue weighted by Crippen LogP contribution is -2.41. The predicted molar refractivity (Wildman–Crippen MR) is 131 cm³/mol. The van der Waals surface area contributed by atoms with Crippen molar-refractivity contribution < 1.29 is 23.5 Å². The molecule has 1 fully saturated rings. The summed E-state index contributed by atoms with van der Waals surface area (Å²) in [7, 11) is 2.87. The van der Waals surface area contributed by atoms with Crippen molar-refractivity contribution in [3.63, 3.8) is 0 Å². The summed E-state index contributed by atoms with van der Waals surface area (Å²) in [6.45, 7) is 13.2. The lowest BCUT2D eigenvalue weighted by atomic mass is 9.75. The zero-order chi connectivity index (χ0) is 24.0. The summed E-state index contributed by atoms with van der Waals surface area (Å²) in [5.41, 5.74) is 2.53. The van der Waals surface area contributed by atoms with E-state index >= 15 is 0 Å². The minimum Gasteiger partial charge on any atom is -0.494 e. The van der Waals surface area contributed by atoms with Gasteiger partial charge in [-0.2, -0.15) is 0 Å². The maximum Gasteiger partial charge on any atom is 0.498 e. The second-order valence-corrected chi connectivity index (χ2v) is 10.4. The van der Waals surface area contributed by atoms with Gasteiger partial charge in [-0.05, 0) is 57.6 Å². The van der Waals surface area contributed by atoms with Crippen molar-refractivity contribution >= 4 is 24.4 Å². The molecular weight excluding hydrogens is 419 g/mol. The van der Waals surface area contributed by atoms with Crippen molar-refractivity contribution in [2.45, 2.75) is 84.1 Å². The first-order valence-electron chi connectivity index (χ1n) is 11.9. The summed E-state index contributed by atoms with van der Waals surface area (Å²) >= 11 is 0. The molecule has 3 heterocycles. The number of hydrogen-bond donors (Lipinski definition) is 0. The molecular formula is C25H37BN2O5. The lowest BCUT2D eigenvalue weighted by Gasteiger charge is -2.32. The summed E-state index contributed by atoms with van der Waals surface area (Å²) in [4.78, 5) is 9.71. The molecule has 180 valence electrons. The first kappa shape index (κ1) is 24.1. The smallest absolute Gasteiger partial charge is 0.494 e. The van der Waals surface area contributed by atoms with Crippen LogP contribution < -0.4 is 10.2 Å². The van der Waals surface area contributed by atoms with Gasteiger partial charge in [-0.1, -0.05) is 26.0 Å². The number of rotatable bonds is 4. The predicted octanol–water partition coefficient (Wildman–Crippen LogP) is 3.35. The number of aliphatic imine (C=N–C) groups is 2. The Morgan fingerprint density at radius 2 is 1.70 bits per heavy atom. The first-order valence-corrected chi connectivity index (χ1v) is 11.9. The molecule has 1 saturated heterocycles. The van der Waals surface area contributed by atoms with E-state index in [4.69, 9.17) is 33.5 Å². The highest BCUT2D eigenvalue weighted by atomic mass is 16.7. The molecule has 33 heavy (non-hydrogen) atoms. The molecule has 3 aliphatic heterocycles. The van der Waals surface area contributed by atoms with Crippen LogP contribution in [0.4, 0.5) is 0 Å². The van der Waals surface area contributed by atoms with E-state index in [9.17, 15) is 0 Å². The highest BCUT2D eigenvalue weighted by molar-refractivity contribution is 6.63. The van der Waals surface area contributed by atoms with Gasteiger partial charge < -0.3 is 23.5 Å². The lowest BCUT2D eigenvalue weighted by molar-refractivity contribution is 0.00578. The van der Waals surface area contributed by atoms with Gasteiger partial charge in [0.25, 0.3) is 0 Å². The standard InChI is InChI=1S/C25H37BN2O5/c1-15(2)20-23(30-8)27-19(22(28-20)29-7)14-16-11-12-18(21-17(16)10-9-13-31-21)26-32-24(3,4)25(5,6)33-26/h11-12,15,19-20H,9-10,13-14H2,1-8H3/t19-,20+/m0/s1. The average Bonchev–Trinajstić information content (AvgIpc) is 3.00. The first-order chi connectivity index (χ1) is 15.6. The van der Waals surface area contributed by atoms with Gasteiger partial charge in [0.2, 0.25) is 11.8 Å². The third kappa shape index (κ3) is 4.39. The van der Waals surface area contributed by atoms with Crippen LogP contribution in [0.1, 0.15) is 59.1 Å². The minimum absolute atomic E-state index is 0.121. The van der Waals surface area contributed by atoms with E-state index in [1.807, 2.05) is 0 Å². The highest BCUT2D eigenvalue weighted by Gasteiger charge is 2.52. The average molecular weight is 456 g/mol. The van der Waals surface area contributed by atoms with Gasteiger partial charge >= 0.3 is 7.12 Å². The SMILES string of the molecule is COC1=N[C@H](C(C)C)C(OC)=N[C@H]1Cc1ccc(B2OC(C)(C)C(C)(C)O2)c2c1CCCO2. The van der Waals surface area contributed by atoms with Crippen LogP contribution in [0.5, 0.6) is 5.75 Å². The Morgan fingerprint density at radius 1 is 1.03 bits per heavy atom. The van der Waals surface area contributed by atoms with Gasteiger partial charge in [-0.3, -0.25) is 0 Å². The molecule has 0 saturated carbocycles. The number of ether oxygens (including phenoxy) is 3. The number of hydrogen-bond acceptors (Lipinski definition) is 7. The normalized spacial score (nSPS) is 25.8. The Bertz CT molecular complexity index is 940. The monoisotopic (exact) mass is 456 g/mol. The zero-order valence-corrected chi connectivity index (χ0v) is 21.2. The molecule has 8 heteroatoms. The van der Waals surface area contributed by atoms with Crippen molar-refractivity contribution in [1.82, 2.24) is 0 Å². The number of fused-ring (bicyclic) bond motifs is 1. The topological polar surface area (TPSA) is 70.9 Å². The van der Waals surface area contributed by atoms with Crippen LogP contribution in [-0.2, 0) is 31.6 Å². The Hall–Kier alpha value is -2.06. The third-order valence-electron chi connectivity index (χ3n) is 7.26. The van der Waals surface area contributed by atoms with Gasteiger partial charge in [-0.25, -0.2) is 9.98 Å². The fourth-order valence-corrected chi connectivity index (χ4v) is 4.60. The maximum absolute atomic E-state index is 6.32. The van der Waals surface area contributed by atoms with Crippen molar-refractivity contribution in [2.75, 3.05) is 20.8 Å². The molecule has 0 N–H and O–H groups in total.